The highest BCUT2D eigenvalue weighted by molar-refractivity contribution is 7.92. The van der Waals surface area contributed by atoms with Crippen LogP contribution < -0.4 is 19.1 Å². The van der Waals surface area contributed by atoms with E-state index >= 15 is 0 Å². The van der Waals surface area contributed by atoms with Gasteiger partial charge in [0.25, 0.3) is 10.0 Å². The monoisotopic (exact) mass is 486 g/mol. The van der Waals surface area contributed by atoms with Crippen molar-refractivity contribution >= 4 is 33.2 Å². The average Bonchev–Trinajstić information content (AvgIpc) is 2.83. The summed E-state index contributed by atoms with van der Waals surface area (Å²) in [5.74, 6) is 0.836. The Morgan fingerprint density at radius 1 is 1.00 bits per heavy atom. The molecule has 1 N–H and O–H groups in total. The topological polar surface area (TPSA) is 84.9 Å². The van der Waals surface area contributed by atoms with E-state index < -0.39 is 15.9 Å². The summed E-state index contributed by atoms with van der Waals surface area (Å²) in [7, 11) is -4.00. The summed E-state index contributed by atoms with van der Waals surface area (Å²) in [5, 5.41) is 3.30. The van der Waals surface area contributed by atoms with Crippen LogP contribution in [0.15, 0.2) is 77.7 Å². The molecule has 1 heterocycles. The van der Waals surface area contributed by atoms with Crippen LogP contribution in [0, 0.1) is 0 Å². The second kappa shape index (κ2) is 9.72. The lowest BCUT2D eigenvalue weighted by Crippen LogP contribution is -2.41. The second-order valence-corrected chi connectivity index (χ2v) is 9.79. The normalized spacial score (nSPS) is 13.8. The van der Waals surface area contributed by atoms with Crippen LogP contribution in [-0.2, 0) is 14.8 Å². The first kappa shape index (κ1) is 22.9. The van der Waals surface area contributed by atoms with Crippen LogP contribution in [0.25, 0.3) is 0 Å². The summed E-state index contributed by atoms with van der Waals surface area (Å²) in [4.78, 5) is 13.0. The molecule has 1 aliphatic rings. The first-order valence-electron chi connectivity index (χ1n) is 10.4. The molecular formula is C24H23ClN2O5S. The summed E-state index contributed by atoms with van der Waals surface area (Å²) in [6.45, 7) is 2.40. The van der Waals surface area contributed by atoms with Crippen LogP contribution in [0.2, 0.25) is 5.02 Å². The fraction of sp³-hybridized carbons (Fsp3) is 0.208. The fourth-order valence-corrected chi connectivity index (χ4v) is 5.02. The first-order valence-corrected chi connectivity index (χ1v) is 12.2. The number of fused-ring (bicyclic) bond motifs is 1. The van der Waals surface area contributed by atoms with E-state index in [1.807, 2.05) is 19.1 Å². The lowest BCUT2D eigenvalue weighted by Gasteiger charge is -2.25. The number of anilines is 1. The van der Waals surface area contributed by atoms with Crippen molar-refractivity contribution in [3.8, 4) is 11.5 Å². The van der Waals surface area contributed by atoms with Crippen molar-refractivity contribution in [3.63, 3.8) is 0 Å². The van der Waals surface area contributed by atoms with Crippen LogP contribution in [-0.4, -0.2) is 34.1 Å². The van der Waals surface area contributed by atoms with Gasteiger partial charge in [-0.15, -0.1) is 0 Å². The van der Waals surface area contributed by atoms with Gasteiger partial charge >= 0.3 is 0 Å². The number of carbonyl (C=O) groups is 1. The molecule has 0 fully saturated rings. The van der Waals surface area contributed by atoms with Crippen molar-refractivity contribution in [2.45, 2.75) is 17.9 Å². The lowest BCUT2D eigenvalue weighted by atomic mass is 10.1. The minimum absolute atomic E-state index is 0.0448. The zero-order chi connectivity index (χ0) is 23.4. The zero-order valence-electron chi connectivity index (χ0n) is 17.9. The Bertz CT molecular complexity index is 1230. The first-order chi connectivity index (χ1) is 15.8. The van der Waals surface area contributed by atoms with Gasteiger partial charge in [0.1, 0.15) is 19.8 Å². The minimum Gasteiger partial charge on any atom is -0.486 e. The van der Waals surface area contributed by atoms with E-state index in [4.69, 9.17) is 21.1 Å². The maximum atomic E-state index is 13.4. The van der Waals surface area contributed by atoms with Crippen molar-refractivity contribution in [1.82, 2.24) is 5.32 Å². The highest BCUT2D eigenvalue weighted by atomic mass is 35.5. The van der Waals surface area contributed by atoms with Crippen molar-refractivity contribution < 1.29 is 22.7 Å². The Kier molecular flexibility index (Phi) is 6.76. The number of benzene rings is 3. The third-order valence-corrected chi connectivity index (χ3v) is 7.22. The maximum Gasteiger partial charge on any atom is 0.264 e. The van der Waals surface area contributed by atoms with Gasteiger partial charge in [0.2, 0.25) is 5.91 Å². The van der Waals surface area contributed by atoms with Crippen LogP contribution in [0.4, 0.5) is 5.69 Å². The van der Waals surface area contributed by atoms with Gasteiger partial charge in [-0.2, -0.15) is 0 Å². The molecule has 172 valence electrons. The number of ether oxygens (including phenoxy) is 2. The molecule has 0 aromatic heterocycles. The number of carbonyl (C=O) groups excluding carboxylic acids is 1. The Hall–Kier alpha value is -3.23. The molecule has 0 radical (unpaired) electrons. The number of rotatable bonds is 7. The van der Waals surface area contributed by atoms with E-state index in [-0.39, 0.29) is 17.5 Å². The summed E-state index contributed by atoms with van der Waals surface area (Å²) in [6.07, 6.45) is 0. The van der Waals surface area contributed by atoms with E-state index in [2.05, 4.69) is 5.32 Å². The van der Waals surface area contributed by atoms with Crippen molar-refractivity contribution in [3.05, 3.63) is 83.4 Å². The molecule has 0 aliphatic carbocycles. The Morgan fingerprint density at radius 2 is 1.67 bits per heavy atom. The Labute approximate surface area is 197 Å². The summed E-state index contributed by atoms with van der Waals surface area (Å²) < 4.78 is 39.0. The van der Waals surface area contributed by atoms with E-state index in [0.717, 1.165) is 9.87 Å². The van der Waals surface area contributed by atoms with Crippen LogP contribution in [0.5, 0.6) is 11.5 Å². The largest absolute Gasteiger partial charge is 0.486 e. The molecule has 1 amide bonds. The predicted octanol–water partition coefficient (Wildman–Crippen LogP) is 4.18. The zero-order valence-corrected chi connectivity index (χ0v) is 19.5. The van der Waals surface area contributed by atoms with Crippen LogP contribution >= 0.6 is 11.6 Å². The van der Waals surface area contributed by atoms with Crippen molar-refractivity contribution in [1.29, 1.82) is 0 Å². The number of halogens is 1. The van der Waals surface area contributed by atoms with Crippen molar-refractivity contribution in [2.75, 3.05) is 24.1 Å². The third kappa shape index (κ3) is 5.23. The molecule has 7 nitrogen and oxygen atoms in total. The Balaban J connectivity index is 1.55. The number of nitrogens with zero attached hydrogens (tertiary/aromatic N) is 1. The number of hydrogen-bond donors (Lipinski definition) is 1. The van der Waals surface area contributed by atoms with Gasteiger partial charge in [-0.1, -0.05) is 35.9 Å². The second-order valence-electron chi connectivity index (χ2n) is 7.49. The molecule has 0 saturated heterocycles. The van der Waals surface area contributed by atoms with E-state index in [0.29, 0.717) is 35.4 Å². The number of para-hydroxylation sites is 1. The molecular weight excluding hydrogens is 464 g/mol. The predicted molar refractivity (Wildman–Crippen MR) is 126 cm³/mol. The number of sulfonamides is 1. The number of amides is 1. The molecule has 1 atom stereocenters. The molecule has 1 aliphatic heterocycles. The molecule has 0 unspecified atom stereocenters. The number of hydrogen-bond acceptors (Lipinski definition) is 5. The smallest absolute Gasteiger partial charge is 0.264 e. The van der Waals surface area contributed by atoms with Gasteiger partial charge in [0, 0.05) is 5.02 Å². The lowest BCUT2D eigenvalue weighted by molar-refractivity contribution is -0.120. The molecule has 3 aromatic rings. The molecule has 0 saturated carbocycles. The van der Waals surface area contributed by atoms with Gasteiger partial charge in [-0.25, -0.2) is 8.42 Å². The molecule has 9 heteroatoms. The maximum absolute atomic E-state index is 13.4. The quantitative estimate of drug-likeness (QED) is 0.541. The highest BCUT2D eigenvalue weighted by Crippen LogP contribution is 2.32. The van der Waals surface area contributed by atoms with E-state index in [1.54, 1.807) is 36.4 Å². The fourth-order valence-electron chi connectivity index (χ4n) is 3.47. The van der Waals surface area contributed by atoms with Crippen molar-refractivity contribution in [2.24, 2.45) is 0 Å². The molecule has 4 rings (SSSR count). The van der Waals surface area contributed by atoms with Gasteiger partial charge in [-0.3, -0.25) is 9.10 Å². The molecule has 3 aromatic carbocycles. The van der Waals surface area contributed by atoms with Gasteiger partial charge in [-0.05, 0) is 61.0 Å². The van der Waals surface area contributed by atoms with Crippen LogP contribution in [0.1, 0.15) is 18.5 Å². The van der Waals surface area contributed by atoms with Gasteiger partial charge < -0.3 is 14.8 Å². The third-order valence-electron chi connectivity index (χ3n) is 5.18. The summed E-state index contributed by atoms with van der Waals surface area (Å²) in [6, 6.07) is 19.4. The summed E-state index contributed by atoms with van der Waals surface area (Å²) >= 11 is 5.91. The summed E-state index contributed by atoms with van der Waals surface area (Å²) in [5.41, 5.74) is 1.20. The number of nitrogens with one attached hydrogen (secondary N) is 1. The minimum atomic E-state index is -4.00. The van der Waals surface area contributed by atoms with Gasteiger partial charge in [0.05, 0.1) is 16.6 Å². The molecule has 0 spiro atoms. The molecule has 33 heavy (non-hydrogen) atoms. The van der Waals surface area contributed by atoms with Crippen LogP contribution in [0.3, 0.4) is 0 Å². The Morgan fingerprint density at radius 3 is 2.36 bits per heavy atom. The SMILES string of the molecule is C[C@H](NC(=O)CN(c1ccccc1)S(=O)(=O)c1ccc(Cl)cc1)c1ccc2c(c1)OCCO2. The van der Waals surface area contributed by atoms with E-state index in [1.165, 1.54) is 24.3 Å². The standard InChI is InChI=1S/C24H23ClN2O5S/c1-17(18-7-12-22-23(15-18)32-14-13-31-22)26-24(28)16-27(20-5-3-2-4-6-20)33(29,30)21-10-8-19(25)9-11-21/h2-12,15,17H,13-14,16H2,1H3,(H,26,28)/t17-/m0/s1. The average molecular weight is 487 g/mol. The molecule has 0 bridgehead atoms. The highest BCUT2D eigenvalue weighted by Gasteiger charge is 2.28. The van der Waals surface area contributed by atoms with E-state index in [9.17, 15) is 13.2 Å². The van der Waals surface area contributed by atoms with Gasteiger partial charge in [0.15, 0.2) is 11.5 Å².